The van der Waals surface area contributed by atoms with Crippen molar-refractivity contribution in [3.63, 3.8) is 0 Å². The molecule has 0 aromatic carbocycles. The quantitative estimate of drug-likeness (QED) is 0.703. The molecule has 0 fully saturated rings. The number of carbonyl (C=O) groups excluding carboxylic acids is 1. The Morgan fingerprint density at radius 3 is 2.47 bits per heavy atom. The van der Waals surface area contributed by atoms with Crippen LogP contribution in [-0.2, 0) is 4.79 Å². The summed E-state index contributed by atoms with van der Waals surface area (Å²) >= 11 is 0. The molecule has 4 nitrogen and oxygen atoms in total. The van der Waals surface area contributed by atoms with Gasteiger partial charge < -0.3 is 10.6 Å². The lowest BCUT2D eigenvalue weighted by Crippen LogP contribution is -2.37. The van der Waals surface area contributed by atoms with Gasteiger partial charge in [-0.15, -0.1) is 0 Å². The Kier molecular flexibility index (Phi) is 8.43. The van der Waals surface area contributed by atoms with Crippen LogP contribution in [0.3, 0.4) is 0 Å². The summed E-state index contributed by atoms with van der Waals surface area (Å²) in [7, 11) is 0. The lowest BCUT2D eigenvalue weighted by molar-refractivity contribution is -0.133. The summed E-state index contributed by atoms with van der Waals surface area (Å²) in [6, 6.07) is 2.25. The van der Waals surface area contributed by atoms with E-state index in [1.807, 2.05) is 13.8 Å². The van der Waals surface area contributed by atoms with Crippen LogP contribution in [0, 0.1) is 17.2 Å². The number of amides is 1. The fraction of sp³-hybridized carbons (Fsp3) is 0.846. The van der Waals surface area contributed by atoms with E-state index in [1.54, 1.807) is 4.90 Å². The molecule has 1 unspecified atom stereocenters. The van der Waals surface area contributed by atoms with E-state index in [0.29, 0.717) is 31.8 Å². The zero-order valence-electron chi connectivity index (χ0n) is 11.3. The van der Waals surface area contributed by atoms with E-state index in [4.69, 9.17) is 11.0 Å². The maximum Gasteiger partial charge on any atom is 0.222 e. The minimum absolute atomic E-state index is 0.152. The van der Waals surface area contributed by atoms with Gasteiger partial charge in [-0.3, -0.25) is 4.79 Å². The third kappa shape index (κ3) is 6.96. The van der Waals surface area contributed by atoms with Crippen molar-refractivity contribution in [2.75, 3.05) is 13.1 Å². The Balaban J connectivity index is 4.10. The van der Waals surface area contributed by atoms with Gasteiger partial charge in [0.1, 0.15) is 0 Å². The van der Waals surface area contributed by atoms with E-state index in [0.717, 1.165) is 12.8 Å². The molecule has 0 aromatic heterocycles. The van der Waals surface area contributed by atoms with E-state index < -0.39 is 0 Å². The Morgan fingerprint density at radius 1 is 1.35 bits per heavy atom. The Labute approximate surface area is 105 Å². The number of hydrogen-bond donors (Lipinski definition) is 1. The minimum atomic E-state index is 0.152. The summed E-state index contributed by atoms with van der Waals surface area (Å²) in [6.45, 7) is 7.31. The second kappa shape index (κ2) is 9.00. The van der Waals surface area contributed by atoms with Crippen LogP contribution in [0.5, 0.6) is 0 Å². The van der Waals surface area contributed by atoms with Crippen LogP contribution in [0.25, 0.3) is 0 Å². The SMILES string of the molecule is CC(CCN)CCC(=O)N(CCC#N)C(C)C. The molecule has 17 heavy (non-hydrogen) atoms. The molecule has 0 aromatic rings. The molecule has 4 heteroatoms. The van der Waals surface area contributed by atoms with Gasteiger partial charge in [0.05, 0.1) is 12.5 Å². The largest absolute Gasteiger partial charge is 0.339 e. The molecule has 0 saturated carbocycles. The molecule has 0 aliphatic heterocycles. The lowest BCUT2D eigenvalue weighted by Gasteiger charge is -2.26. The van der Waals surface area contributed by atoms with Gasteiger partial charge in [0.25, 0.3) is 0 Å². The predicted molar refractivity (Wildman–Crippen MR) is 69.1 cm³/mol. The highest BCUT2D eigenvalue weighted by molar-refractivity contribution is 5.76. The standard InChI is InChI=1S/C13H25N3O/c1-11(2)16(10-4-8-14)13(17)6-5-12(3)7-9-15/h11-12H,4-7,9-10,15H2,1-3H3. The third-order valence-electron chi connectivity index (χ3n) is 2.92. The number of nitrogens with zero attached hydrogens (tertiary/aromatic N) is 2. The smallest absolute Gasteiger partial charge is 0.222 e. The van der Waals surface area contributed by atoms with Crippen molar-refractivity contribution >= 4 is 5.91 Å². The second-order valence-corrected chi connectivity index (χ2v) is 4.81. The number of nitrogens with two attached hydrogens (primary N) is 1. The fourth-order valence-electron chi connectivity index (χ4n) is 1.78. The van der Waals surface area contributed by atoms with Crippen LogP contribution >= 0.6 is 0 Å². The molecule has 0 aliphatic rings. The van der Waals surface area contributed by atoms with Gasteiger partial charge in [0.2, 0.25) is 5.91 Å². The first-order chi connectivity index (χ1) is 8.02. The van der Waals surface area contributed by atoms with Crippen molar-refractivity contribution in [1.29, 1.82) is 5.26 Å². The molecule has 0 saturated heterocycles. The van der Waals surface area contributed by atoms with Crippen molar-refractivity contribution in [3.05, 3.63) is 0 Å². The van der Waals surface area contributed by atoms with Crippen LogP contribution in [0.15, 0.2) is 0 Å². The summed E-state index contributed by atoms with van der Waals surface area (Å²) < 4.78 is 0. The molecule has 0 rings (SSSR count). The van der Waals surface area contributed by atoms with Crippen molar-refractivity contribution < 1.29 is 4.79 Å². The van der Waals surface area contributed by atoms with Gasteiger partial charge in [-0.25, -0.2) is 0 Å². The molecule has 1 amide bonds. The third-order valence-corrected chi connectivity index (χ3v) is 2.92. The summed E-state index contributed by atoms with van der Waals surface area (Å²) in [4.78, 5) is 13.8. The normalized spacial score (nSPS) is 12.2. The summed E-state index contributed by atoms with van der Waals surface area (Å²) in [6.07, 6.45) is 2.81. The van der Waals surface area contributed by atoms with Gasteiger partial charge in [-0.1, -0.05) is 6.92 Å². The Bertz CT molecular complexity index is 258. The molecule has 0 heterocycles. The molecule has 98 valence electrons. The van der Waals surface area contributed by atoms with E-state index >= 15 is 0 Å². The number of nitriles is 1. The first kappa shape index (κ1) is 15.9. The minimum Gasteiger partial charge on any atom is -0.339 e. The average Bonchev–Trinajstić information content (AvgIpc) is 2.27. The monoisotopic (exact) mass is 239 g/mol. The second-order valence-electron chi connectivity index (χ2n) is 4.81. The van der Waals surface area contributed by atoms with Crippen molar-refractivity contribution in [2.45, 2.75) is 52.5 Å². The van der Waals surface area contributed by atoms with Crippen LogP contribution in [0.1, 0.15) is 46.5 Å². The summed E-state index contributed by atoms with van der Waals surface area (Å²) in [5, 5.41) is 8.56. The van der Waals surface area contributed by atoms with Crippen molar-refractivity contribution in [3.8, 4) is 6.07 Å². The number of hydrogen-bond acceptors (Lipinski definition) is 3. The maximum atomic E-state index is 12.0. The van der Waals surface area contributed by atoms with Gasteiger partial charge in [-0.05, 0) is 39.2 Å². The van der Waals surface area contributed by atoms with Crippen LogP contribution in [0.2, 0.25) is 0 Å². The topological polar surface area (TPSA) is 70.1 Å². The van der Waals surface area contributed by atoms with Gasteiger partial charge >= 0.3 is 0 Å². The highest BCUT2D eigenvalue weighted by atomic mass is 16.2. The fourth-order valence-corrected chi connectivity index (χ4v) is 1.78. The maximum absolute atomic E-state index is 12.0. The highest BCUT2D eigenvalue weighted by Crippen LogP contribution is 2.12. The molecule has 2 N–H and O–H groups in total. The highest BCUT2D eigenvalue weighted by Gasteiger charge is 2.16. The van der Waals surface area contributed by atoms with Crippen LogP contribution < -0.4 is 5.73 Å². The molecule has 0 aliphatic carbocycles. The van der Waals surface area contributed by atoms with E-state index in [-0.39, 0.29) is 11.9 Å². The zero-order valence-corrected chi connectivity index (χ0v) is 11.3. The predicted octanol–water partition coefficient (Wildman–Crippen LogP) is 1.90. The summed E-state index contributed by atoms with van der Waals surface area (Å²) in [5.74, 6) is 0.646. The van der Waals surface area contributed by atoms with E-state index in [9.17, 15) is 4.79 Å². The Hall–Kier alpha value is -1.08. The molecule has 0 spiro atoms. The lowest BCUT2D eigenvalue weighted by atomic mass is 10.0. The number of carbonyl (C=O) groups is 1. The van der Waals surface area contributed by atoms with Gasteiger partial charge in [0.15, 0.2) is 0 Å². The average molecular weight is 239 g/mol. The molecule has 0 radical (unpaired) electrons. The molecule has 1 atom stereocenters. The molecular weight excluding hydrogens is 214 g/mol. The van der Waals surface area contributed by atoms with Crippen LogP contribution in [-0.4, -0.2) is 29.9 Å². The molecular formula is C13H25N3O. The van der Waals surface area contributed by atoms with Gasteiger partial charge in [0, 0.05) is 19.0 Å². The van der Waals surface area contributed by atoms with Gasteiger partial charge in [-0.2, -0.15) is 5.26 Å². The first-order valence-electron chi connectivity index (χ1n) is 6.39. The zero-order chi connectivity index (χ0) is 13.3. The van der Waals surface area contributed by atoms with Crippen molar-refractivity contribution in [2.24, 2.45) is 11.7 Å². The van der Waals surface area contributed by atoms with Crippen LogP contribution in [0.4, 0.5) is 0 Å². The Morgan fingerprint density at radius 2 is 2.00 bits per heavy atom. The first-order valence-corrected chi connectivity index (χ1v) is 6.39. The van der Waals surface area contributed by atoms with E-state index in [2.05, 4.69) is 13.0 Å². The van der Waals surface area contributed by atoms with Crippen molar-refractivity contribution in [1.82, 2.24) is 4.90 Å². The summed E-state index contributed by atoms with van der Waals surface area (Å²) in [5.41, 5.74) is 5.48. The van der Waals surface area contributed by atoms with E-state index in [1.165, 1.54) is 0 Å². The number of rotatable bonds is 8. The molecule has 0 bridgehead atoms.